The first-order valence-corrected chi connectivity index (χ1v) is 16.2. The topological polar surface area (TPSA) is 103 Å². The Hall–Kier alpha value is -2.37. The molecular formula is C31H51N4O5P. The van der Waals surface area contributed by atoms with Gasteiger partial charge in [0, 0.05) is 50.6 Å². The molecule has 1 aliphatic rings. The molecule has 0 saturated carbocycles. The average Bonchev–Trinajstić information content (AvgIpc) is 2.96. The number of amides is 3. The van der Waals surface area contributed by atoms with Crippen LogP contribution in [0.1, 0.15) is 104 Å². The molecule has 41 heavy (non-hydrogen) atoms. The summed E-state index contributed by atoms with van der Waals surface area (Å²) in [5.41, 5.74) is 0.498. The average molecular weight is 591 g/mol. The quantitative estimate of drug-likeness (QED) is 0.169. The van der Waals surface area contributed by atoms with Gasteiger partial charge in [0.1, 0.15) is 0 Å². The van der Waals surface area contributed by atoms with E-state index in [1.165, 1.54) is 11.8 Å². The molecule has 9 nitrogen and oxygen atoms in total. The van der Waals surface area contributed by atoms with Crippen molar-refractivity contribution in [3.05, 3.63) is 35.9 Å². The van der Waals surface area contributed by atoms with Crippen molar-refractivity contribution in [3.8, 4) is 6.07 Å². The summed E-state index contributed by atoms with van der Waals surface area (Å²) in [6.07, 6.45) is 4.46. The summed E-state index contributed by atoms with van der Waals surface area (Å²) in [4.78, 5) is 40.6. The minimum atomic E-state index is -1.28. The van der Waals surface area contributed by atoms with Gasteiger partial charge in [0.05, 0.1) is 25.2 Å². The van der Waals surface area contributed by atoms with E-state index < -0.39 is 8.53 Å². The van der Waals surface area contributed by atoms with E-state index in [1.807, 2.05) is 24.8 Å². The Bertz CT molecular complexity index is 938. The zero-order valence-electron chi connectivity index (χ0n) is 26.2. The molecule has 0 N–H and O–H groups in total. The number of carbonyl (C=O) groups is 3. The molecule has 1 saturated heterocycles. The Morgan fingerprint density at radius 1 is 1.02 bits per heavy atom. The smallest absolute Gasteiger partial charge is 0.260 e. The molecular weight excluding hydrogens is 539 g/mol. The SMILES string of the molecule is CC.CC(=O)N(CCCCCC(=O)N1CCC(OP(OCCC#N)N(C(C)C)C(C)C)CC1)C(=O)c1ccccc1. The van der Waals surface area contributed by atoms with Crippen molar-refractivity contribution >= 4 is 26.2 Å². The van der Waals surface area contributed by atoms with E-state index in [2.05, 4.69) is 38.4 Å². The molecule has 1 aromatic rings. The summed E-state index contributed by atoms with van der Waals surface area (Å²) in [6, 6.07) is 11.4. The van der Waals surface area contributed by atoms with E-state index in [9.17, 15) is 14.4 Å². The Balaban J connectivity index is 0.00000411. The van der Waals surface area contributed by atoms with Crippen LogP contribution < -0.4 is 0 Å². The van der Waals surface area contributed by atoms with Crippen LogP contribution in [0, 0.1) is 11.3 Å². The first-order valence-electron chi connectivity index (χ1n) is 15.1. The van der Waals surface area contributed by atoms with E-state index in [-0.39, 0.29) is 35.9 Å². The molecule has 1 fully saturated rings. The summed E-state index contributed by atoms with van der Waals surface area (Å²) in [5.74, 6) is -0.418. The number of rotatable bonds is 15. The van der Waals surface area contributed by atoms with E-state index in [0.29, 0.717) is 51.1 Å². The van der Waals surface area contributed by atoms with Gasteiger partial charge < -0.3 is 13.9 Å². The number of piperidine rings is 1. The van der Waals surface area contributed by atoms with Gasteiger partial charge in [-0.1, -0.05) is 38.5 Å². The van der Waals surface area contributed by atoms with Crippen molar-refractivity contribution in [2.45, 2.75) is 112 Å². The Morgan fingerprint density at radius 3 is 2.17 bits per heavy atom. The minimum absolute atomic E-state index is 0.0157. The summed E-state index contributed by atoms with van der Waals surface area (Å²) in [5, 5.41) is 8.90. The van der Waals surface area contributed by atoms with Crippen LogP contribution in [0.15, 0.2) is 30.3 Å². The fourth-order valence-corrected chi connectivity index (χ4v) is 6.42. The molecule has 3 amide bonds. The molecule has 2 rings (SSSR count). The third-order valence-electron chi connectivity index (χ3n) is 6.61. The van der Waals surface area contributed by atoms with Gasteiger partial charge in [0.25, 0.3) is 14.4 Å². The first kappa shape index (κ1) is 36.7. The first-order chi connectivity index (χ1) is 19.6. The van der Waals surface area contributed by atoms with Crippen LogP contribution in [0.3, 0.4) is 0 Å². The fourth-order valence-electron chi connectivity index (χ4n) is 4.65. The number of hydrogen-bond donors (Lipinski definition) is 0. The number of carbonyl (C=O) groups excluding carboxylic acids is 3. The molecule has 10 heteroatoms. The van der Waals surface area contributed by atoms with Crippen molar-refractivity contribution in [3.63, 3.8) is 0 Å². The highest BCUT2D eigenvalue weighted by Gasteiger charge is 2.32. The standard InChI is InChI=1S/C29H45N4O5P.C2H6/c1-23(2)33(24(3)4)39(37-22-12-18-30)38-27-16-20-31(21-17-27)28(35)15-10-7-11-19-32(25(5)34)29(36)26-13-8-6-9-14-26;1-2/h6,8-9,13-14,23-24,27H,7,10-12,15-17,19-22H2,1-5H3;1-2H3. The van der Waals surface area contributed by atoms with Crippen LogP contribution in [-0.4, -0.2) is 76.6 Å². The number of unbranched alkanes of at least 4 members (excludes halogenated alkanes) is 2. The largest absolute Gasteiger partial charge is 0.343 e. The summed E-state index contributed by atoms with van der Waals surface area (Å²) in [6.45, 7) is 15.9. The van der Waals surface area contributed by atoms with Gasteiger partial charge in [-0.3, -0.25) is 19.3 Å². The number of hydrogen-bond acceptors (Lipinski definition) is 7. The van der Waals surface area contributed by atoms with Gasteiger partial charge in [0.2, 0.25) is 11.8 Å². The second kappa shape index (κ2) is 20.5. The molecule has 0 aromatic heterocycles. The number of likely N-dealkylation sites (tertiary alicyclic amines) is 1. The second-order valence-corrected chi connectivity index (χ2v) is 11.8. The number of benzene rings is 1. The molecule has 1 aromatic carbocycles. The third kappa shape index (κ3) is 13.0. The van der Waals surface area contributed by atoms with E-state index in [4.69, 9.17) is 14.3 Å². The number of nitriles is 1. The van der Waals surface area contributed by atoms with Crippen LogP contribution in [0.2, 0.25) is 0 Å². The maximum atomic E-state index is 12.8. The molecule has 0 aliphatic carbocycles. The predicted octanol–water partition coefficient (Wildman–Crippen LogP) is 6.55. The Labute approximate surface area is 249 Å². The molecule has 0 radical (unpaired) electrons. The van der Waals surface area contributed by atoms with Crippen molar-refractivity contribution in [2.24, 2.45) is 0 Å². The maximum Gasteiger partial charge on any atom is 0.260 e. The van der Waals surface area contributed by atoms with Gasteiger partial charge in [-0.2, -0.15) is 5.26 Å². The second-order valence-electron chi connectivity index (χ2n) is 10.4. The molecule has 1 aliphatic heterocycles. The Kier molecular flexibility index (Phi) is 18.3. The van der Waals surface area contributed by atoms with Crippen LogP contribution in [-0.2, 0) is 18.6 Å². The van der Waals surface area contributed by atoms with E-state index in [0.717, 1.165) is 25.7 Å². The summed E-state index contributed by atoms with van der Waals surface area (Å²) >= 11 is 0. The highest BCUT2D eigenvalue weighted by atomic mass is 31.2. The zero-order chi connectivity index (χ0) is 30.8. The molecule has 0 bridgehead atoms. The van der Waals surface area contributed by atoms with E-state index in [1.54, 1.807) is 24.3 Å². The van der Waals surface area contributed by atoms with Gasteiger partial charge in [0.15, 0.2) is 0 Å². The zero-order valence-corrected chi connectivity index (χ0v) is 27.1. The normalized spacial score (nSPS) is 14.4. The lowest BCUT2D eigenvalue weighted by Gasteiger charge is -2.39. The van der Waals surface area contributed by atoms with E-state index >= 15 is 0 Å². The predicted molar refractivity (Wildman–Crippen MR) is 164 cm³/mol. The summed E-state index contributed by atoms with van der Waals surface area (Å²) in [7, 11) is -1.28. The van der Waals surface area contributed by atoms with Gasteiger partial charge in [-0.05, 0) is 65.5 Å². The Morgan fingerprint density at radius 2 is 1.63 bits per heavy atom. The number of imide groups is 1. The van der Waals surface area contributed by atoms with Gasteiger partial charge in [-0.25, -0.2) is 4.67 Å². The van der Waals surface area contributed by atoms with Crippen LogP contribution in [0.4, 0.5) is 0 Å². The lowest BCUT2D eigenvalue weighted by molar-refractivity contribution is -0.133. The molecule has 1 heterocycles. The third-order valence-corrected chi connectivity index (χ3v) is 8.80. The maximum absolute atomic E-state index is 12.8. The molecule has 1 unspecified atom stereocenters. The lowest BCUT2D eigenvalue weighted by atomic mass is 10.1. The molecule has 1 atom stereocenters. The lowest BCUT2D eigenvalue weighted by Crippen LogP contribution is -2.41. The van der Waals surface area contributed by atoms with Crippen molar-refractivity contribution in [2.75, 3.05) is 26.2 Å². The van der Waals surface area contributed by atoms with Crippen LogP contribution in [0.25, 0.3) is 0 Å². The molecule has 0 spiro atoms. The van der Waals surface area contributed by atoms with Gasteiger partial charge in [-0.15, -0.1) is 0 Å². The molecule has 230 valence electrons. The highest BCUT2D eigenvalue weighted by Crippen LogP contribution is 2.48. The van der Waals surface area contributed by atoms with Crippen molar-refractivity contribution in [1.82, 2.24) is 14.5 Å². The van der Waals surface area contributed by atoms with Crippen molar-refractivity contribution in [1.29, 1.82) is 5.26 Å². The van der Waals surface area contributed by atoms with Crippen molar-refractivity contribution < 1.29 is 23.4 Å². The van der Waals surface area contributed by atoms with Crippen LogP contribution in [0.5, 0.6) is 0 Å². The summed E-state index contributed by atoms with van der Waals surface area (Å²) < 4.78 is 14.7. The fraction of sp³-hybridized carbons (Fsp3) is 0.677. The highest BCUT2D eigenvalue weighted by molar-refractivity contribution is 7.44. The number of nitrogens with zero attached hydrogens (tertiary/aromatic N) is 4. The minimum Gasteiger partial charge on any atom is -0.343 e. The van der Waals surface area contributed by atoms with Crippen LogP contribution >= 0.6 is 8.53 Å². The monoisotopic (exact) mass is 590 g/mol. The van der Waals surface area contributed by atoms with Gasteiger partial charge >= 0.3 is 0 Å².